The van der Waals surface area contributed by atoms with E-state index in [1.165, 1.54) is 0 Å². The van der Waals surface area contributed by atoms with E-state index in [1.807, 2.05) is 0 Å². The van der Waals surface area contributed by atoms with Crippen molar-refractivity contribution in [3.63, 3.8) is 0 Å². The molecule has 62 valence electrons. The molecule has 6 nitrogen and oxygen atoms in total. The van der Waals surface area contributed by atoms with Crippen molar-refractivity contribution in [2.24, 2.45) is 5.84 Å². The minimum Gasteiger partial charge on any atom is -0.383 e. The second kappa shape index (κ2) is 4.02. The summed E-state index contributed by atoms with van der Waals surface area (Å²) >= 11 is 0. The molecular formula is C5H11N5O. The van der Waals surface area contributed by atoms with Crippen LogP contribution in [0.25, 0.3) is 0 Å². The van der Waals surface area contributed by atoms with Gasteiger partial charge in [-0.15, -0.1) is 0 Å². The summed E-state index contributed by atoms with van der Waals surface area (Å²) in [5.74, 6) is 5.24. The van der Waals surface area contributed by atoms with Gasteiger partial charge in [-0.05, 0) is 0 Å². The Labute approximate surface area is 64.1 Å². The van der Waals surface area contributed by atoms with Crippen molar-refractivity contribution in [1.29, 1.82) is 0 Å². The summed E-state index contributed by atoms with van der Waals surface area (Å²) in [5, 5.41) is 9.99. The van der Waals surface area contributed by atoms with Gasteiger partial charge >= 0.3 is 0 Å². The summed E-state index contributed by atoms with van der Waals surface area (Å²) in [6.45, 7) is 0.475. The highest BCUT2D eigenvalue weighted by Gasteiger charge is 2.10. The molecule has 1 atom stereocenters. The van der Waals surface area contributed by atoms with Crippen LogP contribution in [-0.2, 0) is 4.74 Å². The molecule has 0 radical (unpaired) electrons. The number of rotatable bonds is 4. The Hall–Kier alpha value is -0.980. The number of nitrogens with two attached hydrogens (primary N) is 1. The van der Waals surface area contributed by atoms with Crippen LogP contribution in [0.2, 0.25) is 0 Å². The van der Waals surface area contributed by atoms with Crippen LogP contribution >= 0.6 is 0 Å². The van der Waals surface area contributed by atoms with Crippen LogP contribution in [0, 0.1) is 0 Å². The van der Waals surface area contributed by atoms with Gasteiger partial charge in [0, 0.05) is 7.11 Å². The Morgan fingerprint density at radius 2 is 2.73 bits per heavy atom. The molecular weight excluding hydrogens is 146 g/mol. The highest BCUT2D eigenvalue weighted by Crippen LogP contribution is 2.05. The van der Waals surface area contributed by atoms with Crippen LogP contribution in [0.1, 0.15) is 11.7 Å². The molecule has 0 bridgehead atoms. The van der Waals surface area contributed by atoms with E-state index >= 15 is 0 Å². The zero-order valence-electron chi connectivity index (χ0n) is 6.24. The van der Waals surface area contributed by atoms with Crippen LogP contribution < -0.4 is 11.3 Å². The van der Waals surface area contributed by atoms with Crippen LogP contribution in [0.5, 0.6) is 0 Å². The Kier molecular flexibility index (Phi) is 2.96. The number of hydrazine groups is 1. The van der Waals surface area contributed by atoms with Crippen LogP contribution in [0.15, 0.2) is 6.20 Å². The number of nitrogens with one attached hydrogen (secondary N) is 2. The first-order valence-corrected chi connectivity index (χ1v) is 3.19. The van der Waals surface area contributed by atoms with Crippen molar-refractivity contribution in [3.8, 4) is 0 Å². The molecule has 4 N–H and O–H groups in total. The average Bonchev–Trinajstić information content (AvgIpc) is 2.52. The monoisotopic (exact) mass is 157 g/mol. The molecule has 0 amide bonds. The van der Waals surface area contributed by atoms with E-state index in [2.05, 4.69) is 20.8 Å². The number of hydrogen-bond acceptors (Lipinski definition) is 5. The fourth-order valence-corrected chi connectivity index (χ4v) is 0.764. The molecule has 0 fully saturated rings. The second-order valence-corrected chi connectivity index (χ2v) is 2.07. The van der Waals surface area contributed by atoms with Gasteiger partial charge in [0.25, 0.3) is 0 Å². The van der Waals surface area contributed by atoms with E-state index in [-0.39, 0.29) is 6.04 Å². The van der Waals surface area contributed by atoms with Gasteiger partial charge in [0.1, 0.15) is 5.69 Å². The summed E-state index contributed by atoms with van der Waals surface area (Å²) < 4.78 is 4.89. The lowest BCUT2D eigenvalue weighted by atomic mass is 10.2. The fraction of sp³-hybridized carbons (Fsp3) is 0.600. The molecule has 1 heterocycles. The lowest BCUT2D eigenvalue weighted by Crippen LogP contribution is -2.31. The highest BCUT2D eigenvalue weighted by atomic mass is 16.5. The van der Waals surface area contributed by atoms with Crippen LogP contribution in [0.3, 0.4) is 0 Å². The third-order valence-electron chi connectivity index (χ3n) is 1.33. The first-order chi connectivity index (χ1) is 5.38. The van der Waals surface area contributed by atoms with E-state index in [0.29, 0.717) is 6.61 Å². The number of ether oxygens (including phenoxy) is 1. The van der Waals surface area contributed by atoms with Crippen molar-refractivity contribution in [2.45, 2.75) is 6.04 Å². The lowest BCUT2D eigenvalue weighted by Gasteiger charge is -2.10. The first-order valence-electron chi connectivity index (χ1n) is 3.19. The minimum atomic E-state index is -0.0984. The number of aromatic nitrogens is 3. The largest absolute Gasteiger partial charge is 0.383 e. The van der Waals surface area contributed by atoms with Gasteiger partial charge in [-0.3, -0.25) is 5.84 Å². The molecule has 0 saturated carbocycles. The van der Waals surface area contributed by atoms with E-state index < -0.39 is 0 Å². The van der Waals surface area contributed by atoms with Crippen molar-refractivity contribution in [1.82, 2.24) is 20.8 Å². The molecule has 11 heavy (non-hydrogen) atoms. The molecule has 0 aromatic carbocycles. The maximum Gasteiger partial charge on any atom is 0.103 e. The van der Waals surface area contributed by atoms with Crippen molar-refractivity contribution < 1.29 is 4.74 Å². The Morgan fingerprint density at radius 1 is 1.91 bits per heavy atom. The fourth-order valence-electron chi connectivity index (χ4n) is 0.764. The molecule has 0 aliphatic rings. The zero-order valence-corrected chi connectivity index (χ0v) is 6.24. The van der Waals surface area contributed by atoms with Gasteiger partial charge in [0.05, 0.1) is 18.8 Å². The standard InChI is InChI=1S/C5H11N5O/c1-11-3-5(8-6)4-2-7-10-9-4/h2,5,8H,3,6H2,1H3,(H,7,9,10). The summed E-state index contributed by atoms with van der Waals surface area (Å²) in [6, 6.07) is -0.0984. The number of H-pyrrole nitrogens is 1. The zero-order chi connectivity index (χ0) is 8.10. The minimum absolute atomic E-state index is 0.0984. The van der Waals surface area contributed by atoms with Crippen molar-refractivity contribution in [3.05, 3.63) is 11.9 Å². The Bertz CT molecular complexity index is 187. The summed E-state index contributed by atoms with van der Waals surface area (Å²) in [7, 11) is 1.60. The predicted molar refractivity (Wildman–Crippen MR) is 38.3 cm³/mol. The third-order valence-corrected chi connectivity index (χ3v) is 1.33. The van der Waals surface area contributed by atoms with Gasteiger partial charge in [-0.1, -0.05) is 0 Å². The topological polar surface area (TPSA) is 88.9 Å². The Balaban J connectivity index is 2.56. The smallest absolute Gasteiger partial charge is 0.103 e. The van der Waals surface area contributed by atoms with Gasteiger partial charge in [-0.2, -0.15) is 15.4 Å². The molecule has 1 unspecified atom stereocenters. The first kappa shape index (κ1) is 8.12. The highest BCUT2D eigenvalue weighted by molar-refractivity contribution is 4.98. The van der Waals surface area contributed by atoms with Crippen LogP contribution in [-0.4, -0.2) is 29.1 Å². The third kappa shape index (κ3) is 1.97. The number of methoxy groups -OCH3 is 1. The van der Waals surface area contributed by atoms with Crippen molar-refractivity contribution >= 4 is 0 Å². The molecule has 0 aliphatic carbocycles. The Morgan fingerprint density at radius 3 is 3.18 bits per heavy atom. The van der Waals surface area contributed by atoms with Gasteiger partial charge in [-0.25, -0.2) is 5.43 Å². The lowest BCUT2D eigenvalue weighted by molar-refractivity contribution is 0.165. The molecule has 0 spiro atoms. The van der Waals surface area contributed by atoms with Crippen LogP contribution in [0.4, 0.5) is 0 Å². The molecule has 0 saturated heterocycles. The van der Waals surface area contributed by atoms with Gasteiger partial charge in [0.2, 0.25) is 0 Å². The van der Waals surface area contributed by atoms with Gasteiger partial charge in [0.15, 0.2) is 0 Å². The van der Waals surface area contributed by atoms with E-state index in [0.717, 1.165) is 5.69 Å². The molecule has 1 rings (SSSR count). The number of hydrogen-bond donors (Lipinski definition) is 3. The van der Waals surface area contributed by atoms with Gasteiger partial charge < -0.3 is 4.74 Å². The molecule has 1 aromatic rings. The summed E-state index contributed by atoms with van der Waals surface area (Å²) in [6.07, 6.45) is 1.60. The maximum atomic E-state index is 5.24. The van der Waals surface area contributed by atoms with E-state index in [9.17, 15) is 0 Å². The number of nitrogens with zero attached hydrogens (tertiary/aromatic N) is 2. The van der Waals surface area contributed by atoms with E-state index in [4.69, 9.17) is 10.6 Å². The number of aromatic amines is 1. The summed E-state index contributed by atoms with van der Waals surface area (Å²) in [4.78, 5) is 0. The molecule has 6 heteroatoms. The van der Waals surface area contributed by atoms with Crippen molar-refractivity contribution in [2.75, 3.05) is 13.7 Å². The molecule has 1 aromatic heterocycles. The quantitative estimate of drug-likeness (QED) is 0.383. The second-order valence-electron chi connectivity index (χ2n) is 2.07. The maximum absolute atomic E-state index is 5.24. The van der Waals surface area contributed by atoms with E-state index in [1.54, 1.807) is 13.3 Å². The summed E-state index contributed by atoms with van der Waals surface area (Å²) in [5.41, 5.74) is 3.30. The predicted octanol–water partition coefficient (Wildman–Crippen LogP) is -1.04. The average molecular weight is 157 g/mol. The molecule has 0 aliphatic heterocycles. The normalized spacial score (nSPS) is 13.3. The SMILES string of the molecule is COCC(NN)c1cn[nH]n1.